The topological polar surface area (TPSA) is 27.7 Å². The molecule has 0 saturated heterocycles. The third-order valence-corrected chi connectivity index (χ3v) is 3.02. The van der Waals surface area contributed by atoms with Gasteiger partial charge >= 0.3 is 0 Å². The van der Waals surface area contributed by atoms with Crippen molar-refractivity contribution in [2.45, 2.75) is 6.61 Å². The molecule has 3 atom stereocenters. The van der Waals surface area contributed by atoms with Crippen LogP contribution in [0.15, 0.2) is 16.6 Å². The normalized spacial score (nSPS) is 10.0. The van der Waals surface area contributed by atoms with Crippen LogP contribution in [0.4, 0.5) is 0 Å². The molecule has 3 nitrogen and oxygen atoms in total. The Kier molecular flexibility index (Phi) is 5.59. The molecule has 0 aliphatic carbocycles. The summed E-state index contributed by atoms with van der Waals surface area (Å²) >= 11 is 3.41. The molecule has 0 aliphatic heterocycles. The molecule has 0 radical (unpaired) electrons. The highest BCUT2D eigenvalue weighted by atomic mass is 79.9. The van der Waals surface area contributed by atoms with Crippen molar-refractivity contribution in [3.63, 3.8) is 0 Å². The average molecular weight is 315 g/mol. The summed E-state index contributed by atoms with van der Waals surface area (Å²) in [4.78, 5) is 0. The van der Waals surface area contributed by atoms with Crippen LogP contribution >= 0.6 is 44.3 Å². The largest absolute Gasteiger partial charge is 0.480 e. The van der Waals surface area contributed by atoms with Gasteiger partial charge in [-0.3, -0.25) is 0 Å². The lowest BCUT2D eigenvalue weighted by atomic mass is 10.2. The first kappa shape index (κ1) is 12.6. The van der Waals surface area contributed by atoms with E-state index in [1.54, 1.807) is 6.07 Å². The van der Waals surface area contributed by atoms with Gasteiger partial charge in [0.15, 0.2) is 0 Å². The molecular formula is C7H10BrO3P3. The number of halogens is 1. The Morgan fingerprint density at radius 3 is 2.36 bits per heavy atom. The summed E-state index contributed by atoms with van der Waals surface area (Å²) in [6.07, 6.45) is 0. The monoisotopic (exact) mass is 314 g/mol. The molecule has 14 heavy (non-hydrogen) atoms. The zero-order chi connectivity index (χ0) is 10.6. The maximum Gasteiger partial charge on any atom is 0.132 e. The minimum Gasteiger partial charge on any atom is -0.480 e. The van der Waals surface area contributed by atoms with E-state index in [0.717, 1.165) is 10.0 Å². The van der Waals surface area contributed by atoms with Crippen molar-refractivity contribution in [2.75, 3.05) is 0 Å². The van der Waals surface area contributed by atoms with Crippen LogP contribution in [0.25, 0.3) is 0 Å². The molecular weight excluding hydrogens is 305 g/mol. The van der Waals surface area contributed by atoms with Gasteiger partial charge in [-0.05, 0) is 6.07 Å². The van der Waals surface area contributed by atoms with Crippen LogP contribution in [0.1, 0.15) is 5.56 Å². The van der Waals surface area contributed by atoms with E-state index in [2.05, 4.69) is 44.3 Å². The smallest absolute Gasteiger partial charge is 0.132 e. The van der Waals surface area contributed by atoms with E-state index in [4.69, 9.17) is 13.6 Å². The van der Waals surface area contributed by atoms with Crippen LogP contribution in [0.3, 0.4) is 0 Å². The Hall–Kier alpha value is 0.550. The van der Waals surface area contributed by atoms with Crippen molar-refractivity contribution < 1.29 is 13.6 Å². The molecule has 1 rings (SSSR count). The lowest BCUT2D eigenvalue weighted by molar-refractivity contribution is 0.356. The predicted octanol–water partition coefficient (Wildman–Crippen LogP) is 3.09. The molecule has 7 heteroatoms. The Balaban J connectivity index is 3.13. The Morgan fingerprint density at radius 2 is 1.86 bits per heavy atom. The fraction of sp³-hybridized carbons (Fsp3) is 0.143. The molecule has 0 bridgehead atoms. The van der Waals surface area contributed by atoms with E-state index in [0.29, 0.717) is 18.1 Å². The molecule has 1 aromatic rings. The summed E-state index contributed by atoms with van der Waals surface area (Å²) < 4.78 is 16.0. The maximum atomic E-state index is 5.13. The van der Waals surface area contributed by atoms with Crippen molar-refractivity contribution in [2.24, 2.45) is 0 Å². The lowest BCUT2D eigenvalue weighted by Crippen LogP contribution is -1.91. The SMILES string of the molecule is POCc1c(Br)cc(OP)cc1OP. The number of hydrogen-bond acceptors (Lipinski definition) is 3. The Morgan fingerprint density at radius 1 is 1.14 bits per heavy atom. The zero-order valence-electron chi connectivity index (χ0n) is 7.20. The summed E-state index contributed by atoms with van der Waals surface area (Å²) in [5.41, 5.74) is 0.931. The van der Waals surface area contributed by atoms with Gasteiger partial charge in [-0.15, -0.1) is 0 Å². The van der Waals surface area contributed by atoms with Crippen LogP contribution in [-0.2, 0) is 11.1 Å². The second-order valence-corrected chi connectivity index (χ2v) is 4.09. The van der Waals surface area contributed by atoms with E-state index in [1.165, 1.54) is 0 Å². The van der Waals surface area contributed by atoms with Gasteiger partial charge < -0.3 is 13.6 Å². The summed E-state index contributed by atoms with van der Waals surface area (Å²) in [5.74, 6) is 1.40. The molecule has 0 aromatic heterocycles. The van der Waals surface area contributed by atoms with Gasteiger partial charge in [0.2, 0.25) is 0 Å². The van der Waals surface area contributed by atoms with Crippen LogP contribution < -0.4 is 9.05 Å². The van der Waals surface area contributed by atoms with Crippen molar-refractivity contribution in [3.8, 4) is 11.5 Å². The first-order valence-electron chi connectivity index (χ1n) is 3.60. The highest BCUT2D eigenvalue weighted by Gasteiger charge is 2.10. The van der Waals surface area contributed by atoms with Crippen LogP contribution in [0, 0.1) is 0 Å². The number of benzene rings is 1. The van der Waals surface area contributed by atoms with E-state index >= 15 is 0 Å². The summed E-state index contributed by atoms with van der Waals surface area (Å²) in [6.45, 7) is 0.451. The fourth-order valence-electron chi connectivity index (χ4n) is 0.984. The highest BCUT2D eigenvalue weighted by molar-refractivity contribution is 9.10. The summed E-state index contributed by atoms with van der Waals surface area (Å²) in [7, 11) is 6.58. The first-order valence-corrected chi connectivity index (χ1v) is 5.81. The fourth-order valence-corrected chi connectivity index (χ4v) is 2.03. The van der Waals surface area contributed by atoms with Gasteiger partial charge in [-0.25, -0.2) is 0 Å². The quantitative estimate of drug-likeness (QED) is 0.799. The van der Waals surface area contributed by atoms with E-state index in [1.807, 2.05) is 6.07 Å². The Labute approximate surface area is 98.3 Å². The first-order chi connectivity index (χ1) is 6.72. The molecule has 78 valence electrons. The van der Waals surface area contributed by atoms with Gasteiger partial charge in [0.05, 0.1) is 25.5 Å². The van der Waals surface area contributed by atoms with Crippen molar-refractivity contribution in [3.05, 3.63) is 22.2 Å². The molecule has 0 N–H and O–H groups in total. The standard InChI is InChI=1S/C7H10BrO3P3/c8-6-1-4(10-13)2-7(11-14)5(6)3-9-12/h1-2H,3,12-14H2. The molecule has 3 unspecified atom stereocenters. The van der Waals surface area contributed by atoms with Crippen LogP contribution in [-0.4, -0.2) is 0 Å². The molecule has 1 aromatic carbocycles. The molecule has 0 aliphatic rings. The lowest BCUT2D eigenvalue weighted by Gasteiger charge is -2.11. The van der Waals surface area contributed by atoms with Gasteiger partial charge in [-0.2, -0.15) is 0 Å². The van der Waals surface area contributed by atoms with E-state index in [9.17, 15) is 0 Å². The molecule has 0 saturated carbocycles. The predicted molar refractivity (Wildman–Crippen MR) is 69.3 cm³/mol. The molecule has 0 amide bonds. The molecule has 0 heterocycles. The van der Waals surface area contributed by atoms with Crippen molar-refractivity contribution in [1.82, 2.24) is 0 Å². The van der Waals surface area contributed by atoms with E-state index in [-0.39, 0.29) is 0 Å². The van der Waals surface area contributed by atoms with Crippen molar-refractivity contribution in [1.29, 1.82) is 0 Å². The van der Waals surface area contributed by atoms with Gasteiger partial charge in [0.1, 0.15) is 11.5 Å². The third kappa shape index (κ3) is 3.02. The second-order valence-electron chi connectivity index (χ2n) is 2.43. The van der Waals surface area contributed by atoms with Crippen molar-refractivity contribution >= 4 is 44.3 Å². The molecule has 0 spiro atoms. The minimum atomic E-state index is 0.451. The highest BCUT2D eigenvalue weighted by Crippen LogP contribution is 2.34. The van der Waals surface area contributed by atoms with E-state index < -0.39 is 0 Å². The van der Waals surface area contributed by atoms with Gasteiger partial charge in [-0.1, -0.05) is 15.9 Å². The van der Waals surface area contributed by atoms with Crippen LogP contribution in [0.5, 0.6) is 11.5 Å². The minimum absolute atomic E-state index is 0.451. The zero-order valence-corrected chi connectivity index (χ0v) is 12.2. The second kappa shape index (κ2) is 6.20. The van der Waals surface area contributed by atoms with Crippen LogP contribution in [0.2, 0.25) is 0 Å². The maximum absolute atomic E-state index is 5.13. The summed E-state index contributed by atoms with van der Waals surface area (Å²) in [6, 6.07) is 3.63. The van der Waals surface area contributed by atoms with Gasteiger partial charge in [0.25, 0.3) is 0 Å². The summed E-state index contributed by atoms with van der Waals surface area (Å²) in [5, 5.41) is 0. The number of rotatable bonds is 4. The Bertz CT molecular complexity index is 321. The molecule has 0 fully saturated rings. The average Bonchev–Trinajstić information content (AvgIpc) is 2.20. The number of hydrogen-bond donors (Lipinski definition) is 0. The van der Waals surface area contributed by atoms with Gasteiger partial charge in [0, 0.05) is 25.6 Å². The third-order valence-electron chi connectivity index (χ3n) is 1.62.